The average molecular weight is 268 g/mol. The molecule has 0 radical (unpaired) electrons. The summed E-state index contributed by atoms with van der Waals surface area (Å²) in [5.41, 5.74) is -0.732. The monoisotopic (exact) mass is 268 g/mol. The largest absolute Gasteiger partial charge is 0.332 e. The molecule has 0 saturated heterocycles. The molecule has 6 nitrogen and oxygen atoms in total. The summed E-state index contributed by atoms with van der Waals surface area (Å²) in [7, 11) is 3.02. The fourth-order valence-electron chi connectivity index (χ4n) is 2.02. The van der Waals surface area contributed by atoms with E-state index in [0.29, 0.717) is 0 Å². The van der Waals surface area contributed by atoms with Crippen LogP contribution in [0.1, 0.15) is 38.0 Å². The summed E-state index contributed by atoms with van der Waals surface area (Å²) in [6, 6.07) is 0. The summed E-state index contributed by atoms with van der Waals surface area (Å²) in [6.07, 6.45) is -2.31. The molecule has 0 unspecified atom stereocenters. The van der Waals surface area contributed by atoms with Crippen molar-refractivity contribution in [3.63, 3.8) is 0 Å². The van der Waals surface area contributed by atoms with Crippen LogP contribution >= 0.6 is 0 Å². The highest BCUT2D eigenvalue weighted by Gasteiger charge is 2.14. The molecule has 0 N–H and O–H groups in total. The van der Waals surface area contributed by atoms with Crippen LogP contribution in [0, 0.1) is 0 Å². The Kier molecular flexibility index (Phi) is 2.60. The summed E-state index contributed by atoms with van der Waals surface area (Å²) >= 11 is 0. The fraction of sp³-hybridized carbons (Fsp3) is 0.615. The van der Waals surface area contributed by atoms with Gasteiger partial charge in [0.1, 0.15) is 1.37 Å². The third kappa shape index (κ3) is 2.34. The molecule has 0 bridgehead atoms. The molecule has 6 heteroatoms. The lowest BCUT2D eigenvalue weighted by Gasteiger charge is -2.08. The van der Waals surface area contributed by atoms with Gasteiger partial charge in [-0.15, -0.1) is 0 Å². The van der Waals surface area contributed by atoms with Crippen LogP contribution in [0.5, 0.6) is 0 Å². The van der Waals surface area contributed by atoms with Gasteiger partial charge in [-0.1, -0.05) is 26.1 Å². The van der Waals surface area contributed by atoms with Crippen molar-refractivity contribution < 1.29 is 5.48 Å². The molecule has 0 spiro atoms. The van der Waals surface area contributed by atoms with Crippen LogP contribution in [0.3, 0.4) is 0 Å². The number of aromatic nitrogens is 4. The number of nitrogens with zero attached hydrogens (tertiary/aromatic N) is 4. The van der Waals surface area contributed by atoms with E-state index in [-0.39, 0.29) is 36.9 Å². The second kappa shape index (κ2) is 5.42. The van der Waals surface area contributed by atoms with Gasteiger partial charge in [0.15, 0.2) is 11.2 Å². The van der Waals surface area contributed by atoms with Gasteiger partial charge in [0.25, 0.3) is 5.56 Å². The Bertz CT molecular complexity index is 850. The molecule has 2 rings (SSSR count). The van der Waals surface area contributed by atoms with Crippen LogP contribution < -0.4 is 11.2 Å². The Morgan fingerprint density at radius 1 is 1.37 bits per heavy atom. The number of aryl methyl sites for hydroxylation is 2. The van der Waals surface area contributed by atoms with Gasteiger partial charge in [0.2, 0.25) is 0 Å². The van der Waals surface area contributed by atoms with E-state index < -0.39 is 24.0 Å². The lowest BCUT2D eigenvalue weighted by molar-refractivity contribution is 0.539. The molecule has 104 valence electrons. The van der Waals surface area contributed by atoms with Gasteiger partial charge in [0, 0.05) is 24.8 Å². The third-order valence-corrected chi connectivity index (χ3v) is 3.04. The van der Waals surface area contributed by atoms with E-state index in [1.54, 1.807) is 0 Å². The maximum Gasteiger partial charge on any atom is 0.332 e. The maximum absolute atomic E-state index is 12.5. The quantitative estimate of drug-likeness (QED) is 0.813. The van der Waals surface area contributed by atoms with Gasteiger partial charge in [-0.2, -0.15) is 0 Å². The molecular formula is C13H20N4O2. The van der Waals surface area contributed by atoms with E-state index in [9.17, 15) is 9.59 Å². The van der Waals surface area contributed by atoms with Crippen LogP contribution in [0.25, 0.3) is 11.2 Å². The molecule has 0 saturated carbocycles. The zero-order chi connectivity index (χ0) is 17.5. The number of hydrogen-bond acceptors (Lipinski definition) is 3. The molecular weight excluding hydrogens is 244 g/mol. The van der Waals surface area contributed by atoms with Gasteiger partial charge in [0.05, 0.1) is 6.30 Å². The highest BCUT2D eigenvalue weighted by molar-refractivity contribution is 5.69. The molecule has 0 fully saturated rings. The summed E-state index contributed by atoms with van der Waals surface area (Å²) < 4.78 is 34.2. The zero-order valence-corrected chi connectivity index (χ0v) is 11.3. The zero-order valence-electron chi connectivity index (χ0n) is 15.3. The van der Waals surface area contributed by atoms with Crippen LogP contribution in [0.4, 0.5) is 0 Å². The van der Waals surface area contributed by atoms with Crippen molar-refractivity contribution >= 4 is 11.2 Å². The highest BCUT2D eigenvalue weighted by atomic mass is 16.2. The summed E-state index contributed by atoms with van der Waals surface area (Å²) in [5, 5.41) is 0. The minimum Gasteiger partial charge on any atom is -0.328 e. The van der Waals surface area contributed by atoms with E-state index in [2.05, 4.69) is 4.98 Å². The second-order valence-corrected chi connectivity index (χ2v) is 4.34. The summed E-state index contributed by atoms with van der Waals surface area (Å²) in [5.74, 6) is 0. The molecule has 0 aliphatic heterocycles. The highest BCUT2D eigenvalue weighted by Crippen LogP contribution is 2.04. The second-order valence-electron chi connectivity index (χ2n) is 4.34. The summed E-state index contributed by atoms with van der Waals surface area (Å²) in [6.45, 7) is 1.54. The van der Waals surface area contributed by atoms with Gasteiger partial charge < -0.3 is 4.57 Å². The van der Waals surface area contributed by atoms with Gasteiger partial charge in [-0.05, 0) is 6.42 Å². The van der Waals surface area contributed by atoms with E-state index >= 15 is 0 Å². The van der Waals surface area contributed by atoms with Crippen molar-refractivity contribution in [2.75, 3.05) is 0 Å². The van der Waals surface area contributed by atoms with Gasteiger partial charge >= 0.3 is 5.69 Å². The Labute approximate surface area is 116 Å². The smallest absolute Gasteiger partial charge is 0.328 e. The number of imidazole rings is 1. The van der Waals surface area contributed by atoms with Crippen LogP contribution in [0.2, 0.25) is 0 Å². The van der Waals surface area contributed by atoms with Crippen LogP contribution in [-0.2, 0) is 20.6 Å². The number of rotatable bonds is 5. The Balaban J connectivity index is 2.41. The molecule has 0 aromatic carbocycles. The van der Waals surface area contributed by atoms with Gasteiger partial charge in [-0.25, -0.2) is 9.78 Å². The molecule has 0 amide bonds. The average Bonchev–Trinajstić information content (AvgIpc) is 2.76. The standard InChI is InChI=1S/C13H20N4O2/c1-4-5-6-7-8-17-12(18)10-11(14-9-15(10)2)16(3)13(17)19/h9H,4-8H2,1-3H3/i4D,5D2,9D/t4-/m1/s1. The third-order valence-electron chi connectivity index (χ3n) is 3.04. The maximum atomic E-state index is 12.5. The molecule has 2 heterocycles. The van der Waals surface area contributed by atoms with Crippen molar-refractivity contribution in [2.45, 2.75) is 39.1 Å². The Hall–Kier alpha value is -1.85. The Morgan fingerprint density at radius 2 is 2.11 bits per heavy atom. The fourth-order valence-corrected chi connectivity index (χ4v) is 2.02. The summed E-state index contributed by atoms with van der Waals surface area (Å²) in [4.78, 5) is 28.7. The van der Waals surface area contributed by atoms with Crippen LogP contribution in [0.15, 0.2) is 15.9 Å². The van der Waals surface area contributed by atoms with Crippen molar-refractivity contribution in [1.29, 1.82) is 0 Å². The van der Waals surface area contributed by atoms with Gasteiger partial charge in [-0.3, -0.25) is 13.9 Å². The van der Waals surface area contributed by atoms with E-state index in [1.165, 1.54) is 30.2 Å². The molecule has 2 aromatic heterocycles. The van der Waals surface area contributed by atoms with Crippen LogP contribution in [-0.4, -0.2) is 18.7 Å². The minimum absolute atomic E-state index is 0.0617. The Morgan fingerprint density at radius 3 is 2.79 bits per heavy atom. The molecule has 1 atom stereocenters. The van der Waals surface area contributed by atoms with E-state index in [4.69, 9.17) is 5.48 Å². The number of hydrogen-bond donors (Lipinski definition) is 0. The number of fused-ring (bicyclic) bond motifs is 1. The first-order chi connectivity index (χ1) is 10.6. The molecule has 0 aliphatic rings. The van der Waals surface area contributed by atoms with Crippen molar-refractivity contribution in [3.05, 3.63) is 27.1 Å². The van der Waals surface area contributed by atoms with E-state index in [1.807, 2.05) is 0 Å². The van der Waals surface area contributed by atoms with E-state index in [0.717, 1.165) is 4.57 Å². The molecule has 2 aromatic rings. The first-order valence-electron chi connectivity index (χ1n) is 8.20. The normalized spacial score (nSPS) is 16.8. The lowest BCUT2D eigenvalue weighted by atomic mass is 10.2. The topological polar surface area (TPSA) is 61.8 Å². The minimum atomic E-state index is -1.67. The van der Waals surface area contributed by atoms with Crippen molar-refractivity contribution in [1.82, 2.24) is 18.7 Å². The first kappa shape index (κ1) is 9.12. The lowest BCUT2D eigenvalue weighted by Crippen LogP contribution is -2.39. The SMILES string of the molecule is [2H]c1nc2c(c(=O)n(CCCC([2H])([2H])[C@H]([2H])C)c(=O)n2C)n1C. The van der Waals surface area contributed by atoms with Crippen molar-refractivity contribution in [2.24, 2.45) is 14.1 Å². The predicted molar refractivity (Wildman–Crippen MR) is 74.4 cm³/mol. The first-order valence-corrected chi connectivity index (χ1v) is 6.13. The molecule has 0 aliphatic carbocycles. The van der Waals surface area contributed by atoms with Crippen molar-refractivity contribution in [3.8, 4) is 0 Å². The molecule has 19 heavy (non-hydrogen) atoms. The predicted octanol–water partition coefficient (Wildman–Crippen LogP) is 1.01.